The molecule has 4 heteroatoms. The molecule has 3 atom stereocenters. The molecule has 1 fully saturated rings. The van der Waals surface area contributed by atoms with Gasteiger partial charge in [-0.3, -0.25) is 4.79 Å². The highest BCUT2D eigenvalue weighted by Crippen LogP contribution is 2.29. The number of nitrogens with two attached hydrogens (primary N) is 1. The first-order chi connectivity index (χ1) is 8.67. The minimum absolute atomic E-state index is 0.00976. The normalized spacial score (nSPS) is 25.7. The molecule has 3 N–H and O–H groups in total. The van der Waals surface area contributed by atoms with E-state index in [0.29, 0.717) is 18.4 Å². The van der Waals surface area contributed by atoms with Crippen molar-refractivity contribution in [2.75, 3.05) is 19.8 Å². The van der Waals surface area contributed by atoms with Gasteiger partial charge in [0.25, 0.3) is 0 Å². The third kappa shape index (κ3) is 5.36. The van der Waals surface area contributed by atoms with E-state index in [2.05, 4.69) is 12.2 Å². The third-order valence-electron chi connectivity index (χ3n) is 3.95. The number of carbonyl (C=O) groups excluding carboxylic acids is 1. The molecule has 0 aromatic rings. The van der Waals surface area contributed by atoms with Crippen LogP contribution in [0.4, 0.5) is 0 Å². The maximum absolute atomic E-state index is 11.5. The van der Waals surface area contributed by atoms with E-state index in [1.165, 1.54) is 25.7 Å². The molecule has 4 nitrogen and oxygen atoms in total. The minimum atomic E-state index is -0.00976. The zero-order valence-corrected chi connectivity index (χ0v) is 11.8. The molecular weight excluding hydrogens is 228 g/mol. The standard InChI is InChI=1S/C14H28N2O2/c1-3-11(2)16-14(17)10-18-9-13-7-5-4-6-12(13)8-15/h11-13H,3-10,15H2,1-2H3,(H,16,17). The van der Waals surface area contributed by atoms with Crippen LogP contribution in [0.15, 0.2) is 0 Å². The van der Waals surface area contributed by atoms with E-state index in [-0.39, 0.29) is 18.6 Å². The van der Waals surface area contributed by atoms with E-state index in [1.54, 1.807) is 0 Å². The Labute approximate surface area is 111 Å². The Bertz CT molecular complexity index is 246. The third-order valence-corrected chi connectivity index (χ3v) is 3.95. The van der Waals surface area contributed by atoms with Crippen molar-refractivity contribution in [3.05, 3.63) is 0 Å². The van der Waals surface area contributed by atoms with E-state index in [1.807, 2.05) is 6.92 Å². The molecular formula is C14H28N2O2. The Balaban J connectivity index is 2.17. The topological polar surface area (TPSA) is 64.3 Å². The van der Waals surface area contributed by atoms with Crippen LogP contribution in [-0.2, 0) is 9.53 Å². The number of rotatable bonds is 7. The molecule has 3 unspecified atom stereocenters. The second-order valence-corrected chi connectivity index (χ2v) is 5.43. The van der Waals surface area contributed by atoms with Gasteiger partial charge in [-0.1, -0.05) is 19.8 Å². The molecule has 0 aromatic carbocycles. The van der Waals surface area contributed by atoms with Crippen molar-refractivity contribution in [3.63, 3.8) is 0 Å². The van der Waals surface area contributed by atoms with Gasteiger partial charge in [-0.15, -0.1) is 0 Å². The predicted octanol–water partition coefficient (Wildman–Crippen LogP) is 1.68. The molecule has 0 bridgehead atoms. The molecule has 0 spiro atoms. The Morgan fingerprint density at radius 3 is 2.67 bits per heavy atom. The van der Waals surface area contributed by atoms with Crippen LogP contribution in [0.1, 0.15) is 46.0 Å². The maximum Gasteiger partial charge on any atom is 0.246 e. The average molecular weight is 256 g/mol. The van der Waals surface area contributed by atoms with Gasteiger partial charge >= 0.3 is 0 Å². The molecule has 1 aliphatic rings. The molecule has 0 saturated heterocycles. The zero-order valence-electron chi connectivity index (χ0n) is 11.8. The van der Waals surface area contributed by atoms with Crippen LogP contribution in [0.5, 0.6) is 0 Å². The van der Waals surface area contributed by atoms with Gasteiger partial charge in [-0.2, -0.15) is 0 Å². The first-order valence-corrected chi connectivity index (χ1v) is 7.24. The van der Waals surface area contributed by atoms with Crippen LogP contribution in [0.25, 0.3) is 0 Å². The van der Waals surface area contributed by atoms with Crippen molar-refractivity contribution in [3.8, 4) is 0 Å². The summed E-state index contributed by atoms with van der Waals surface area (Å²) in [4.78, 5) is 11.5. The lowest BCUT2D eigenvalue weighted by Gasteiger charge is -2.30. The summed E-state index contributed by atoms with van der Waals surface area (Å²) < 4.78 is 5.54. The summed E-state index contributed by atoms with van der Waals surface area (Å²) in [6.45, 7) is 5.66. The molecule has 1 amide bonds. The fourth-order valence-electron chi connectivity index (χ4n) is 2.54. The number of nitrogens with one attached hydrogen (secondary N) is 1. The molecule has 1 aliphatic carbocycles. The minimum Gasteiger partial charge on any atom is -0.371 e. The Morgan fingerprint density at radius 2 is 2.06 bits per heavy atom. The van der Waals surface area contributed by atoms with E-state index in [9.17, 15) is 4.79 Å². The van der Waals surface area contributed by atoms with Crippen molar-refractivity contribution < 1.29 is 9.53 Å². The number of carbonyl (C=O) groups is 1. The quantitative estimate of drug-likeness (QED) is 0.728. The molecule has 0 aromatic heterocycles. The second-order valence-electron chi connectivity index (χ2n) is 5.43. The highest BCUT2D eigenvalue weighted by atomic mass is 16.5. The van der Waals surface area contributed by atoms with Crippen molar-refractivity contribution in [1.29, 1.82) is 0 Å². The zero-order chi connectivity index (χ0) is 13.4. The van der Waals surface area contributed by atoms with Gasteiger partial charge in [0.15, 0.2) is 0 Å². The fraction of sp³-hybridized carbons (Fsp3) is 0.929. The summed E-state index contributed by atoms with van der Waals surface area (Å²) in [5.74, 6) is 1.11. The summed E-state index contributed by atoms with van der Waals surface area (Å²) in [5.41, 5.74) is 5.77. The van der Waals surface area contributed by atoms with Gasteiger partial charge in [0.2, 0.25) is 5.91 Å². The molecule has 0 heterocycles. The molecule has 106 valence electrons. The Kier molecular flexibility index (Phi) is 7.28. The van der Waals surface area contributed by atoms with Crippen molar-refractivity contribution in [2.24, 2.45) is 17.6 Å². The van der Waals surface area contributed by atoms with Crippen LogP contribution in [-0.4, -0.2) is 31.7 Å². The summed E-state index contributed by atoms with van der Waals surface area (Å²) in [6, 6.07) is 0.229. The first-order valence-electron chi connectivity index (χ1n) is 7.24. The van der Waals surface area contributed by atoms with Crippen LogP contribution in [0.3, 0.4) is 0 Å². The van der Waals surface area contributed by atoms with Crippen LogP contribution < -0.4 is 11.1 Å². The molecule has 18 heavy (non-hydrogen) atoms. The van der Waals surface area contributed by atoms with Crippen LogP contribution >= 0.6 is 0 Å². The summed E-state index contributed by atoms with van der Waals surface area (Å²) >= 11 is 0. The second kappa shape index (κ2) is 8.48. The van der Waals surface area contributed by atoms with E-state index < -0.39 is 0 Å². The van der Waals surface area contributed by atoms with Crippen molar-refractivity contribution >= 4 is 5.91 Å². The number of hydrogen-bond acceptors (Lipinski definition) is 3. The molecule has 0 aliphatic heterocycles. The average Bonchev–Trinajstić information content (AvgIpc) is 2.39. The number of hydrogen-bond donors (Lipinski definition) is 2. The maximum atomic E-state index is 11.5. The number of amides is 1. The van der Waals surface area contributed by atoms with Gasteiger partial charge in [0, 0.05) is 6.04 Å². The summed E-state index contributed by atoms with van der Waals surface area (Å²) in [6.07, 6.45) is 5.90. The fourth-order valence-corrected chi connectivity index (χ4v) is 2.54. The SMILES string of the molecule is CCC(C)NC(=O)COCC1CCCCC1CN. The van der Waals surface area contributed by atoms with E-state index in [0.717, 1.165) is 13.0 Å². The van der Waals surface area contributed by atoms with Crippen molar-refractivity contribution in [1.82, 2.24) is 5.32 Å². The summed E-state index contributed by atoms with van der Waals surface area (Å²) in [7, 11) is 0. The lowest BCUT2D eigenvalue weighted by Crippen LogP contribution is -2.36. The largest absolute Gasteiger partial charge is 0.371 e. The van der Waals surface area contributed by atoms with Crippen LogP contribution in [0, 0.1) is 11.8 Å². The van der Waals surface area contributed by atoms with Gasteiger partial charge in [0.05, 0.1) is 6.61 Å². The monoisotopic (exact) mass is 256 g/mol. The Morgan fingerprint density at radius 1 is 1.39 bits per heavy atom. The lowest BCUT2D eigenvalue weighted by molar-refractivity contribution is -0.127. The van der Waals surface area contributed by atoms with Crippen molar-refractivity contribution in [2.45, 2.75) is 52.0 Å². The highest BCUT2D eigenvalue weighted by molar-refractivity contribution is 5.77. The van der Waals surface area contributed by atoms with Gasteiger partial charge in [-0.25, -0.2) is 0 Å². The first kappa shape index (κ1) is 15.4. The molecule has 0 radical (unpaired) electrons. The smallest absolute Gasteiger partial charge is 0.246 e. The molecule has 1 rings (SSSR count). The molecule has 1 saturated carbocycles. The highest BCUT2D eigenvalue weighted by Gasteiger charge is 2.24. The Hall–Kier alpha value is -0.610. The summed E-state index contributed by atoms with van der Waals surface area (Å²) in [5, 5.41) is 2.90. The lowest BCUT2D eigenvalue weighted by atomic mass is 9.80. The predicted molar refractivity (Wildman–Crippen MR) is 73.2 cm³/mol. The van der Waals surface area contributed by atoms with E-state index in [4.69, 9.17) is 10.5 Å². The van der Waals surface area contributed by atoms with Gasteiger partial charge in [-0.05, 0) is 44.6 Å². The van der Waals surface area contributed by atoms with E-state index >= 15 is 0 Å². The van der Waals surface area contributed by atoms with Gasteiger partial charge in [0.1, 0.15) is 6.61 Å². The van der Waals surface area contributed by atoms with Crippen LogP contribution in [0.2, 0.25) is 0 Å². The van der Waals surface area contributed by atoms with Gasteiger partial charge < -0.3 is 15.8 Å². The number of ether oxygens (including phenoxy) is 1.